The minimum Gasteiger partial charge on any atom is -0.450 e. The van der Waals surface area contributed by atoms with Crippen LogP contribution in [0.4, 0.5) is 10.1 Å². The van der Waals surface area contributed by atoms with Gasteiger partial charge in [-0.05, 0) is 50.8 Å². The van der Waals surface area contributed by atoms with E-state index in [0.29, 0.717) is 25.1 Å². The van der Waals surface area contributed by atoms with E-state index in [0.717, 1.165) is 12.1 Å². The lowest BCUT2D eigenvalue weighted by atomic mass is 9.98. The van der Waals surface area contributed by atoms with Gasteiger partial charge in [0.05, 0.1) is 21.9 Å². The Morgan fingerprint density at radius 1 is 1.19 bits per heavy atom. The number of hydrogen-bond donors (Lipinski definition) is 0. The number of carbonyl (C=O) groups excluding carboxylic acids is 1. The molecule has 31 heavy (non-hydrogen) atoms. The average molecular weight is 425 g/mol. The molecule has 2 aromatic carbocycles. The summed E-state index contributed by atoms with van der Waals surface area (Å²) in [5, 5.41) is 11.3. The molecule has 0 unspecified atom stereocenters. The van der Waals surface area contributed by atoms with Crippen LogP contribution in [0.5, 0.6) is 0 Å². The van der Waals surface area contributed by atoms with E-state index >= 15 is 0 Å². The second kappa shape index (κ2) is 7.92. The lowest BCUT2D eigenvalue weighted by Gasteiger charge is -2.25. The Balaban J connectivity index is 1.90. The maximum absolute atomic E-state index is 13.8. The van der Waals surface area contributed by atoms with Crippen LogP contribution in [-0.2, 0) is 0 Å². The molecule has 1 amide bonds. The zero-order chi connectivity index (χ0) is 22.3. The van der Waals surface area contributed by atoms with Crippen LogP contribution >= 0.6 is 0 Å². The van der Waals surface area contributed by atoms with E-state index in [4.69, 9.17) is 4.42 Å². The van der Waals surface area contributed by atoms with E-state index in [1.165, 1.54) is 29.2 Å². The number of fused-ring (bicyclic) bond motifs is 2. The first-order chi connectivity index (χ1) is 14.8. The van der Waals surface area contributed by atoms with Gasteiger partial charge in [-0.2, -0.15) is 0 Å². The van der Waals surface area contributed by atoms with E-state index in [1.54, 1.807) is 6.07 Å². The number of halogens is 1. The molecule has 0 spiro atoms. The molecule has 0 bridgehead atoms. The maximum atomic E-state index is 13.8. The summed E-state index contributed by atoms with van der Waals surface area (Å²) >= 11 is 0. The molecule has 4 rings (SSSR count). The van der Waals surface area contributed by atoms with Gasteiger partial charge in [-0.1, -0.05) is 12.1 Å². The van der Waals surface area contributed by atoms with Crippen LogP contribution in [0.2, 0.25) is 0 Å². The Morgan fingerprint density at radius 3 is 2.68 bits per heavy atom. The number of non-ortho nitro benzene ring substituents is 1. The number of benzene rings is 2. The molecule has 0 radical (unpaired) electrons. The van der Waals surface area contributed by atoms with Crippen molar-refractivity contribution in [1.82, 2.24) is 9.80 Å². The first-order valence-corrected chi connectivity index (χ1v) is 9.74. The molecule has 0 aliphatic carbocycles. The Morgan fingerprint density at radius 2 is 1.97 bits per heavy atom. The van der Waals surface area contributed by atoms with Gasteiger partial charge in [-0.15, -0.1) is 0 Å². The highest BCUT2D eigenvalue weighted by atomic mass is 19.1. The van der Waals surface area contributed by atoms with Gasteiger partial charge in [0, 0.05) is 18.7 Å². The largest absolute Gasteiger partial charge is 0.450 e. The number of rotatable bonds is 6. The van der Waals surface area contributed by atoms with Gasteiger partial charge < -0.3 is 14.2 Å². The van der Waals surface area contributed by atoms with E-state index in [2.05, 4.69) is 0 Å². The zero-order valence-corrected chi connectivity index (χ0v) is 17.0. The molecular weight excluding hydrogens is 405 g/mol. The fourth-order valence-corrected chi connectivity index (χ4v) is 3.94. The number of amides is 1. The third kappa shape index (κ3) is 3.68. The first-order valence-electron chi connectivity index (χ1n) is 9.74. The summed E-state index contributed by atoms with van der Waals surface area (Å²) in [5.74, 6) is -1.17. The molecule has 9 heteroatoms. The first kappa shape index (κ1) is 20.7. The highest BCUT2D eigenvalue weighted by molar-refractivity contribution is 5.99. The van der Waals surface area contributed by atoms with E-state index in [9.17, 15) is 24.1 Å². The van der Waals surface area contributed by atoms with Crippen molar-refractivity contribution in [2.45, 2.75) is 12.5 Å². The van der Waals surface area contributed by atoms with E-state index < -0.39 is 28.1 Å². The predicted octanol–water partition coefficient (Wildman–Crippen LogP) is 3.34. The van der Waals surface area contributed by atoms with Crippen molar-refractivity contribution in [1.29, 1.82) is 0 Å². The van der Waals surface area contributed by atoms with Crippen molar-refractivity contribution in [2.24, 2.45) is 0 Å². The standard InChI is InChI=1S/C22H20FN3O5/c1-24(2)9-4-10-25-19(13-5-3-6-15(11-13)26(29)30)18-20(27)16-12-14(23)7-8-17(16)31-21(18)22(25)28/h3,5-8,11-12,19H,4,9-10H2,1-2H3/t19-/m1/s1. The molecule has 1 aromatic heterocycles. The van der Waals surface area contributed by atoms with Crippen LogP contribution in [0.25, 0.3) is 11.0 Å². The van der Waals surface area contributed by atoms with Crippen LogP contribution in [-0.4, -0.2) is 47.8 Å². The fraction of sp³-hybridized carbons (Fsp3) is 0.273. The van der Waals surface area contributed by atoms with Crippen LogP contribution in [0.15, 0.2) is 51.7 Å². The molecule has 1 atom stereocenters. The molecular formula is C22H20FN3O5. The maximum Gasteiger partial charge on any atom is 0.290 e. The van der Waals surface area contributed by atoms with Crippen LogP contribution in [0.1, 0.15) is 34.1 Å². The minimum atomic E-state index is -0.853. The molecule has 160 valence electrons. The third-order valence-corrected chi connectivity index (χ3v) is 5.33. The summed E-state index contributed by atoms with van der Waals surface area (Å²) in [5.41, 5.74) is -0.0485. The summed E-state index contributed by atoms with van der Waals surface area (Å²) in [6.45, 7) is 1.02. The van der Waals surface area contributed by atoms with Gasteiger partial charge in [-0.3, -0.25) is 19.7 Å². The molecule has 0 fully saturated rings. The van der Waals surface area contributed by atoms with Crippen molar-refractivity contribution in [2.75, 3.05) is 27.2 Å². The molecule has 0 saturated carbocycles. The van der Waals surface area contributed by atoms with E-state index in [1.807, 2.05) is 19.0 Å². The molecule has 8 nitrogen and oxygen atoms in total. The van der Waals surface area contributed by atoms with Crippen LogP contribution in [0.3, 0.4) is 0 Å². The number of nitrogens with zero attached hydrogens (tertiary/aromatic N) is 3. The van der Waals surface area contributed by atoms with Crippen LogP contribution < -0.4 is 5.43 Å². The molecule has 1 aliphatic heterocycles. The number of nitro groups is 1. The second-order valence-electron chi connectivity index (χ2n) is 7.72. The monoisotopic (exact) mass is 425 g/mol. The highest BCUT2D eigenvalue weighted by Crippen LogP contribution is 2.39. The summed E-state index contributed by atoms with van der Waals surface area (Å²) in [7, 11) is 3.82. The molecule has 0 N–H and O–H groups in total. The van der Waals surface area contributed by atoms with Crippen molar-refractivity contribution >= 4 is 22.6 Å². The third-order valence-electron chi connectivity index (χ3n) is 5.33. The number of nitro benzene ring substituents is 1. The van der Waals surface area contributed by atoms with Crippen LogP contribution in [0, 0.1) is 15.9 Å². The Bertz CT molecular complexity index is 1250. The Hall–Kier alpha value is -3.59. The smallest absolute Gasteiger partial charge is 0.290 e. The normalized spacial score (nSPS) is 15.7. The predicted molar refractivity (Wildman–Crippen MR) is 112 cm³/mol. The fourth-order valence-electron chi connectivity index (χ4n) is 3.94. The summed E-state index contributed by atoms with van der Waals surface area (Å²) in [6.07, 6.45) is 0.625. The van der Waals surface area contributed by atoms with Gasteiger partial charge in [-0.25, -0.2) is 4.39 Å². The molecule has 3 aromatic rings. The SMILES string of the molecule is CN(C)CCCN1C(=O)c2oc3ccc(F)cc3c(=O)c2[C@H]1c1cccc([N+](=O)[O-])c1. The Labute approximate surface area is 176 Å². The number of hydrogen-bond acceptors (Lipinski definition) is 6. The molecule has 0 saturated heterocycles. The summed E-state index contributed by atoms with van der Waals surface area (Å²) in [6, 6.07) is 8.53. The summed E-state index contributed by atoms with van der Waals surface area (Å²) in [4.78, 5) is 40.7. The lowest BCUT2D eigenvalue weighted by Crippen LogP contribution is -2.32. The van der Waals surface area contributed by atoms with Gasteiger partial charge in [0.25, 0.3) is 11.6 Å². The van der Waals surface area contributed by atoms with Gasteiger partial charge >= 0.3 is 0 Å². The zero-order valence-electron chi connectivity index (χ0n) is 17.0. The molecule has 2 heterocycles. The lowest BCUT2D eigenvalue weighted by molar-refractivity contribution is -0.384. The van der Waals surface area contributed by atoms with E-state index in [-0.39, 0.29) is 28.0 Å². The summed E-state index contributed by atoms with van der Waals surface area (Å²) < 4.78 is 19.5. The average Bonchev–Trinajstić information content (AvgIpc) is 3.01. The van der Waals surface area contributed by atoms with Crippen molar-refractivity contribution in [3.05, 3.63) is 85.5 Å². The van der Waals surface area contributed by atoms with Crippen molar-refractivity contribution in [3.8, 4) is 0 Å². The second-order valence-corrected chi connectivity index (χ2v) is 7.72. The van der Waals surface area contributed by atoms with Gasteiger partial charge in [0.2, 0.25) is 5.76 Å². The number of carbonyl (C=O) groups is 1. The highest BCUT2D eigenvalue weighted by Gasteiger charge is 2.42. The minimum absolute atomic E-state index is 0.0251. The van der Waals surface area contributed by atoms with Gasteiger partial charge in [0.15, 0.2) is 5.43 Å². The quantitative estimate of drug-likeness (QED) is 0.444. The van der Waals surface area contributed by atoms with Crippen molar-refractivity contribution < 1.29 is 18.5 Å². The molecule has 1 aliphatic rings. The topological polar surface area (TPSA) is 96.9 Å². The Kier molecular flexibility index (Phi) is 5.28. The van der Waals surface area contributed by atoms with Crippen molar-refractivity contribution in [3.63, 3.8) is 0 Å². The van der Waals surface area contributed by atoms with Gasteiger partial charge in [0.1, 0.15) is 11.4 Å².